The highest BCUT2D eigenvalue weighted by Crippen LogP contribution is 2.20. The Labute approximate surface area is 135 Å². The second-order valence-electron chi connectivity index (χ2n) is 5.34. The van der Waals surface area contributed by atoms with E-state index in [9.17, 15) is 10.2 Å². The van der Waals surface area contributed by atoms with Crippen molar-refractivity contribution in [1.82, 2.24) is 9.97 Å². The zero-order chi connectivity index (χ0) is 17.0. The summed E-state index contributed by atoms with van der Waals surface area (Å²) < 4.78 is 0. The zero-order valence-electron chi connectivity index (χ0n) is 13.7. The Morgan fingerprint density at radius 2 is 1.22 bits per heavy atom. The summed E-state index contributed by atoms with van der Waals surface area (Å²) in [5.41, 5.74) is 4.01. The minimum Gasteiger partial charge on any atom is -0.505 e. The van der Waals surface area contributed by atoms with Crippen molar-refractivity contribution >= 4 is 12.4 Å². The lowest BCUT2D eigenvalue weighted by atomic mass is 10.2. The zero-order valence-corrected chi connectivity index (χ0v) is 13.7. The molecule has 0 aliphatic carbocycles. The number of aromatic hydroxyl groups is 2. The molecule has 0 radical (unpaired) electrons. The van der Waals surface area contributed by atoms with E-state index >= 15 is 0 Å². The predicted molar refractivity (Wildman–Crippen MR) is 90.8 cm³/mol. The number of rotatable bonds is 4. The van der Waals surface area contributed by atoms with Gasteiger partial charge in [-0.25, -0.2) is 0 Å². The normalized spacial score (nSPS) is 11.7. The molecule has 23 heavy (non-hydrogen) atoms. The molecule has 6 nitrogen and oxygen atoms in total. The van der Waals surface area contributed by atoms with Gasteiger partial charge in [-0.3, -0.25) is 20.0 Å². The van der Waals surface area contributed by atoms with Crippen molar-refractivity contribution in [2.45, 2.75) is 27.7 Å². The van der Waals surface area contributed by atoms with Gasteiger partial charge in [0.2, 0.25) is 0 Å². The van der Waals surface area contributed by atoms with Gasteiger partial charge in [0, 0.05) is 34.9 Å². The SMILES string of the molecule is Cc1cc(C=NCN=Cc2cc(C)nc(C)c2O)c(O)c(C)n1. The van der Waals surface area contributed by atoms with E-state index < -0.39 is 0 Å². The summed E-state index contributed by atoms with van der Waals surface area (Å²) in [5, 5.41) is 19.8. The Balaban J connectivity index is 2.08. The van der Waals surface area contributed by atoms with E-state index in [-0.39, 0.29) is 18.2 Å². The van der Waals surface area contributed by atoms with Crippen LogP contribution in [0.25, 0.3) is 0 Å². The number of aromatic nitrogens is 2. The first-order chi connectivity index (χ1) is 10.9. The van der Waals surface area contributed by atoms with E-state index in [0.29, 0.717) is 22.5 Å². The lowest BCUT2D eigenvalue weighted by Crippen LogP contribution is -1.94. The molecule has 0 saturated carbocycles. The van der Waals surface area contributed by atoms with Crippen molar-refractivity contribution in [3.63, 3.8) is 0 Å². The maximum absolute atomic E-state index is 9.92. The molecule has 2 aromatic rings. The maximum atomic E-state index is 9.92. The molecule has 0 spiro atoms. The fourth-order valence-electron chi connectivity index (χ4n) is 2.23. The smallest absolute Gasteiger partial charge is 0.145 e. The van der Waals surface area contributed by atoms with Gasteiger partial charge < -0.3 is 10.2 Å². The predicted octanol–water partition coefficient (Wildman–Crippen LogP) is 2.62. The van der Waals surface area contributed by atoms with Gasteiger partial charge in [0.1, 0.15) is 18.2 Å². The molecular weight excluding hydrogens is 292 g/mol. The van der Waals surface area contributed by atoms with Crippen molar-refractivity contribution in [1.29, 1.82) is 0 Å². The molecule has 2 N–H and O–H groups in total. The summed E-state index contributed by atoms with van der Waals surface area (Å²) in [6.45, 7) is 7.40. The van der Waals surface area contributed by atoms with Crippen LogP contribution in [-0.4, -0.2) is 39.3 Å². The average Bonchev–Trinajstić information content (AvgIpc) is 2.48. The van der Waals surface area contributed by atoms with E-state index in [1.807, 2.05) is 13.8 Å². The molecule has 0 unspecified atom stereocenters. The third-order valence-electron chi connectivity index (χ3n) is 3.27. The highest BCUT2D eigenvalue weighted by molar-refractivity contribution is 5.85. The van der Waals surface area contributed by atoms with Gasteiger partial charge >= 0.3 is 0 Å². The Morgan fingerprint density at radius 3 is 1.61 bits per heavy atom. The third-order valence-corrected chi connectivity index (χ3v) is 3.27. The minimum absolute atomic E-state index is 0.126. The summed E-state index contributed by atoms with van der Waals surface area (Å²) in [4.78, 5) is 16.7. The van der Waals surface area contributed by atoms with Crippen LogP contribution < -0.4 is 0 Å². The number of hydrogen-bond acceptors (Lipinski definition) is 6. The van der Waals surface area contributed by atoms with Crippen molar-refractivity contribution in [3.8, 4) is 11.5 Å². The molecule has 2 aromatic heterocycles. The summed E-state index contributed by atoms with van der Waals surface area (Å²) in [5.74, 6) is 0.253. The van der Waals surface area contributed by atoms with E-state index in [4.69, 9.17) is 0 Å². The molecule has 2 heterocycles. The van der Waals surface area contributed by atoms with E-state index in [1.165, 1.54) is 0 Å². The summed E-state index contributed by atoms with van der Waals surface area (Å²) in [7, 11) is 0. The van der Waals surface area contributed by atoms with Gasteiger partial charge in [-0.05, 0) is 39.8 Å². The van der Waals surface area contributed by atoms with Crippen molar-refractivity contribution in [3.05, 3.63) is 46.0 Å². The van der Waals surface area contributed by atoms with Gasteiger partial charge in [0.15, 0.2) is 0 Å². The molecule has 0 aliphatic rings. The summed E-state index contributed by atoms with van der Waals surface area (Å²) >= 11 is 0. The van der Waals surface area contributed by atoms with E-state index in [1.54, 1.807) is 38.4 Å². The molecule has 0 bridgehead atoms. The van der Waals surface area contributed by atoms with Crippen LogP contribution in [-0.2, 0) is 0 Å². The van der Waals surface area contributed by atoms with Gasteiger partial charge in [-0.1, -0.05) is 0 Å². The first-order valence-corrected chi connectivity index (χ1v) is 7.22. The topological polar surface area (TPSA) is 91.0 Å². The molecule has 6 heteroatoms. The van der Waals surface area contributed by atoms with Gasteiger partial charge in [-0.2, -0.15) is 0 Å². The van der Waals surface area contributed by atoms with Crippen LogP contribution in [0, 0.1) is 27.7 Å². The number of pyridine rings is 2. The minimum atomic E-state index is 0.126. The monoisotopic (exact) mass is 312 g/mol. The Kier molecular flexibility index (Phi) is 5.05. The number of hydrogen-bond donors (Lipinski definition) is 2. The number of aryl methyl sites for hydroxylation is 4. The van der Waals surface area contributed by atoms with Gasteiger partial charge in [0.25, 0.3) is 0 Å². The van der Waals surface area contributed by atoms with Crippen LogP contribution in [0.2, 0.25) is 0 Å². The average molecular weight is 312 g/mol. The third kappa shape index (κ3) is 4.12. The summed E-state index contributed by atoms with van der Waals surface area (Å²) in [6, 6.07) is 3.52. The fraction of sp³-hybridized carbons (Fsp3) is 0.294. The molecular formula is C17H20N4O2. The molecule has 0 saturated heterocycles. The summed E-state index contributed by atoms with van der Waals surface area (Å²) in [6.07, 6.45) is 3.13. The van der Waals surface area contributed by atoms with Crippen LogP contribution in [0.3, 0.4) is 0 Å². The van der Waals surface area contributed by atoms with Crippen molar-refractivity contribution < 1.29 is 10.2 Å². The molecule has 2 rings (SSSR count). The first-order valence-electron chi connectivity index (χ1n) is 7.22. The molecule has 120 valence electrons. The highest BCUT2D eigenvalue weighted by Gasteiger charge is 2.05. The fourth-order valence-corrected chi connectivity index (χ4v) is 2.23. The van der Waals surface area contributed by atoms with E-state index in [0.717, 1.165) is 11.4 Å². The molecule has 0 amide bonds. The molecule has 0 aliphatic heterocycles. The second-order valence-corrected chi connectivity index (χ2v) is 5.34. The first kappa shape index (κ1) is 16.6. The molecule has 0 atom stereocenters. The highest BCUT2D eigenvalue weighted by atomic mass is 16.3. The quantitative estimate of drug-likeness (QED) is 0.849. The lowest BCUT2D eigenvalue weighted by molar-refractivity contribution is 0.466. The van der Waals surface area contributed by atoms with Crippen LogP contribution in [0.15, 0.2) is 22.1 Å². The van der Waals surface area contributed by atoms with Gasteiger partial charge in [-0.15, -0.1) is 0 Å². The lowest BCUT2D eigenvalue weighted by Gasteiger charge is -2.04. The van der Waals surface area contributed by atoms with Gasteiger partial charge in [0.05, 0.1) is 11.4 Å². The van der Waals surface area contributed by atoms with Crippen LogP contribution in [0.1, 0.15) is 33.9 Å². The van der Waals surface area contributed by atoms with Crippen LogP contribution >= 0.6 is 0 Å². The number of nitrogens with zero attached hydrogens (tertiary/aromatic N) is 4. The number of aliphatic imine (C=N–C) groups is 2. The molecule has 0 aromatic carbocycles. The van der Waals surface area contributed by atoms with Crippen molar-refractivity contribution in [2.75, 3.05) is 6.67 Å². The second kappa shape index (κ2) is 7.00. The maximum Gasteiger partial charge on any atom is 0.145 e. The van der Waals surface area contributed by atoms with Crippen molar-refractivity contribution in [2.24, 2.45) is 9.98 Å². The Morgan fingerprint density at radius 1 is 0.826 bits per heavy atom. The van der Waals surface area contributed by atoms with E-state index in [2.05, 4.69) is 20.0 Å². The van der Waals surface area contributed by atoms with Crippen LogP contribution in [0.4, 0.5) is 0 Å². The largest absolute Gasteiger partial charge is 0.505 e. The Hall–Kier alpha value is -2.76. The Bertz CT molecular complexity index is 717. The van der Waals surface area contributed by atoms with Crippen LogP contribution in [0.5, 0.6) is 11.5 Å². The standard InChI is InChI=1S/C17H20N4O2/c1-10-5-14(16(22)12(3)20-10)7-18-9-19-8-15-6-11(2)21-13(4)17(15)23/h5-8,22-23H,9H2,1-4H3. The molecule has 0 fully saturated rings.